The summed E-state index contributed by atoms with van der Waals surface area (Å²) in [6.45, 7) is 0.540. The number of carbonyl (C=O) groups excluding carboxylic acids is 1. The van der Waals surface area contributed by atoms with Crippen LogP contribution in [0.5, 0.6) is 0 Å². The summed E-state index contributed by atoms with van der Waals surface area (Å²) in [7, 11) is 0. The number of nitrogens with two attached hydrogens (primary N) is 1. The molecule has 0 atom stereocenters. The first-order valence-electron chi connectivity index (χ1n) is 4.93. The number of nitrogens with one attached hydrogen (secondary N) is 2. The number of oxime groups is 1. The molecular formula is C9H15N5O2. The highest BCUT2D eigenvalue weighted by Gasteiger charge is 2.03. The lowest BCUT2D eigenvalue weighted by Gasteiger charge is -2.03. The lowest BCUT2D eigenvalue weighted by molar-refractivity contribution is -0.119. The van der Waals surface area contributed by atoms with Crippen LogP contribution < -0.4 is 11.1 Å². The van der Waals surface area contributed by atoms with Gasteiger partial charge >= 0.3 is 0 Å². The van der Waals surface area contributed by atoms with E-state index in [0.717, 1.165) is 18.7 Å². The van der Waals surface area contributed by atoms with Gasteiger partial charge in [0.05, 0.1) is 6.42 Å². The number of aryl methyl sites for hydroxylation is 1. The molecule has 1 aromatic heterocycles. The minimum Gasteiger partial charge on any atom is -0.409 e. The molecule has 16 heavy (non-hydrogen) atoms. The Morgan fingerprint density at radius 1 is 1.69 bits per heavy atom. The van der Waals surface area contributed by atoms with Crippen molar-refractivity contribution in [2.45, 2.75) is 19.3 Å². The number of imidazole rings is 1. The average molecular weight is 225 g/mol. The van der Waals surface area contributed by atoms with Crippen LogP contribution >= 0.6 is 0 Å². The topological polar surface area (TPSA) is 116 Å². The van der Waals surface area contributed by atoms with Crippen LogP contribution in [-0.2, 0) is 11.2 Å². The van der Waals surface area contributed by atoms with E-state index >= 15 is 0 Å². The van der Waals surface area contributed by atoms with Crippen LogP contribution in [0, 0.1) is 0 Å². The molecule has 0 saturated heterocycles. The Bertz CT molecular complexity index is 347. The van der Waals surface area contributed by atoms with E-state index in [9.17, 15) is 4.79 Å². The first kappa shape index (κ1) is 12.0. The lowest BCUT2D eigenvalue weighted by atomic mass is 10.3. The van der Waals surface area contributed by atoms with Gasteiger partial charge in [-0.3, -0.25) is 4.79 Å². The summed E-state index contributed by atoms with van der Waals surface area (Å²) in [4.78, 5) is 18.2. The molecule has 0 bridgehead atoms. The summed E-state index contributed by atoms with van der Waals surface area (Å²) in [5.74, 6) is 0.545. The fourth-order valence-corrected chi connectivity index (χ4v) is 1.18. The Morgan fingerprint density at radius 2 is 2.50 bits per heavy atom. The number of nitrogens with zero attached hydrogens (tertiary/aromatic N) is 2. The predicted molar refractivity (Wildman–Crippen MR) is 57.9 cm³/mol. The molecule has 0 aliphatic carbocycles. The summed E-state index contributed by atoms with van der Waals surface area (Å²) >= 11 is 0. The SMILES string of the molecule is N/C(CC(=O)NCCCc1ncc[nH]1)=N/O. The van der Waals surface area contributed by atoms with Crippen LogP contribution in [0.15, 0.2) is 17.5 Å². The smallest absolute Gasteiger partial charge is 0.227 e. The van der Waals surface area contributed by atoms with Crippen molar-refractivity contribution in [3.05, 3.63) is 18.2 Å². The molecule has 0 fully saturated rings. The number of amides is 1. The molecule has 5 N–H and O–H groups in total. The van der Waals surface area contributed by atoms with Crippen LogP contribution in [-0.4, -0.2) is 33.5 Å². The standard InChI is InChI=1S/C9H15N5O2/c10-7(14-16)6-9(15)13-3-1-2-8-11-4-5-12-8/h4-5,16H,1-3,6H2,(H2,10,14)(H,11,12)(H,13,15). The maximum Gasteiger partial charge on any atom is 0.227 e. The van der Waals surface area contributed by atoms with E-state index in [2.05, 4.69) is 20.4 Å². The number of H-pyrrole nitrogens is 1. The van der Waals surface area contributed by atoms with E-state index in [1.54, 1.807) is 12.4 Å². The van der Waals surface area contributed by atoms with Gasteiger partial charge in [-0.25, -0.2) is 4.98 Å². The fraction of sp³-hybridized carbons (Fsp3) is 0.444. The zero-order chi connectivity index (χ0) is 11.8. The lowest BCUT2D eigenvalue weighted by Crippen LogP contribution is -2.29. The second kappa shape index (κ2) is 6.44. The second-order valence-electron chi connectivity index (χ2n) is 3.26. The third-order valence-electron chi connectivity index (χ3n) is 1.94. The Labute approximate surface area is 92.7 Å². The minimum atomic E-state index is -0.255. The van der Waals surface area contributed by atoms with E-state index in [4.69, 9.17) is 10.9 Å². The van der Waals surface area contributed by atoms with Gasteiger partial charge < -0.3 is 21.2 Å². The van der Waals surface area contributed by atoms with E-state index in [1.807, 2.05) is 0 Å². The predicted octanol–water partition coefficient (Wildman–Crippen LogP) is -0.405. The van der Waals surface area contributed by atoms with Gasteiger partial charge in [-0.2, -0.15) is 0 Å². The van der Waals surface area contributed by atoms with Crippen molar-refractivity contribution < 1.29 is 10.0 Å². The number of hydrogen-bond donors (Lipinski definition) is 4. The fourth-order valence-electron chi connectivity index (χ4n) is 1.18. The number of rotatable bonds is 6. The van der Waals surface area contributed by atoms with Gasteiger partial charge in [0.25, 0.3) is 0 Å². The van der Waals surface area contributed by atoms with E-state index in [-0.39, 0.29) is 18.2 Å². The van der Waals surface area contributed by atoms with Crippen LogP contribution in [0.4, 0.5) is 0 Å². The van der Waals surface area contributed by atoms with Crippen LogP contribution in [0.2, 0.25) is 0 Å². The third kappa shape index (κ3) is 4.45. The molecule has 0 spiro atoms. The number of aromatic nitrogens is 2. The van der Waals surface area contributed by atoms with Crippen molar-refractivity contribution in [3.63, 3.8) is 0 Å². The van der Waals surface area contributed by atoms with Crippen LogP contribution in [0.3, 0.4) is 0 Å². The molecule has 1 heterocycles. The van der Waals surface area contributed by atoms with E-state index < -0.39 is 0 Å². The van der Waals surface area contributed by atoms with Crippen molar-refractivity contribution >= 4 is 11.7 Å². The normalized spacial score (nSPS) is 11.4. The molecule has 0 unspecified atom stereocenters. The monoisotopic (exact) mass is 225 g/mol. The summed E-state index contributed by atoms with van der Waals surface area (Å²) in [6.07, 6.45) is 4.92. The van der Waals surface area contributed by atoms with Gasteiger partial charge in [-0.1, -0.05) is 5.16 Å². The maximum atomic E-state index is 11.2. The Balaban J connectivity index is 2.09. The Hall–Kier alpha value is -2.05. The molecule has 1 rings (SSSR count). The van der Waals surface area contributed by atoms with Gasteiger partial charge in [0.15, 0.2) is 0 Å². The highest BCUT2D eigenvalue weighted by Crippen LogP contribution is 1.93. The number of aromatic amines is 1. The quantitative estimate of drug-likeness (QED) is 0.173. The Kier molecular flexibility index (Phi) is 4.84. The van der Waals surface area contributed by atoms with Gasteiger partial charge in [0.2, 0.25) is 5.91 Å². The number of amidine groups is 1. The average Bonchev–Trinajstić information content (AvgIpc) is 2.77. The molecule has 0 aliphatic heterocycles. The number of carbonyl (C=O) groups is 1. The summed E-state index contributed by atoms with van der Waals surface area (Å²) in [5.41, 5.74) is 5.18. The van der Waals surface area contributed by atoms with Gasteiger partial charge in [-0.05, 0) is 6.42 Å². The van der Waals surface area contributed by atoms with Crippen LogP contribution in [0.25, 0.3) is 0 Å². The summed E-state index contributed by atoms with van der Waals surface area (Å²) < 4.78 is 0. The van der Waals surface area contributed by atoms with Gasteiger partial charge in [0, 0.05) is 25.4 Å². The molecule has 7 heteroatoms. The highest BCUT2D eigenvalue weighted by molar-refractivity contribution is 5.98. The maximum absolute atomic E-state index is 11.2. The van der Waals surface area contributed by atoms with Crippen molar-refractivity contribution in [3.8, 4) is 0 Å². The van der Waals surface area contributed by atoms with Gasteiger partial charge in [0.1, 0.15) is 11.7 Å². The largest absolute Gasteiger partial charge is 0.409 e. The molecule has 0 radical (unpaired) electrons. The highest BCUT2D eigenvalue weighted by atomic mass is 16.4. The molecule has 88 valence electrons. The van der Waals surface area contributed by atoms with Gasteiger partial charge in [-0.15, -0.1) is 0 Å². The minimum absolute atomic E-state index is 0.0861. The van der Waals surface area contributed by atoms with Crippen molar-refractivity contribution in [2.75, 3.05) is 6.54 Å². The molecule has 0 saturated carbocycles. The molecule has 1 aromatic rings. The van der Waals surface area contributed by atoms with Crippen molar-refractivity contribution in [1.29, 1.82) is 0 Å². The zero-order valence-corrected chi connectivity index (χ0v) is 8.81. The second-order valence-corrected chi connectivity index (χ2v) is 3.26. The molecule has 7 nitrogen and oxygen atoms in total. The Morgan fingerprint density at radius 3 is 3.12 bits per heavy atom. The molecular weight excluding hydrogens is 210 g/mol. The summed E-state index contributed by atoms with van der Waals surface area (Å²) in [5, 5.41) is 13.6. The first-order valence-corrected chi connectivity index (χ1v) is 4.93. The summed E-state index contributed by atoms with van der Waals surface area (Å²) in [6, 6.07) is 0. The number of hydrogen-bond acceptors (Lipinski definition) is 4. The molecule has 0 aliphatic rings. The molecule has 1 amide bonds. The molecule has 0 aromatic carbocycles. The zero-order valence-electron chi connectivity index (χ0n) is 8.81. The van der Waals surface area contributed by atoms with Crippen molar-refractivity contribution in [1.82, 2.24) is 15.3 Å². The van der Waals surface area contributed by atoms with E-state index in [0.29, 0.717) is 6.54 Å². The third-order valence-corrected chi connectivity index (χ3v) is 1.94. The first-order chi connectivity index (χ1) is 7.72. The van der Waals surface area contributed by atoms with Crippen molar-refractivity contribution in [2.24, 2.45) is 10.9 Å². The van der Waals surface area contributed by atoms with Crippen LogP contribution in [0.1, 0.15) is 18.7 Å². The van der Waals surface area contributed by atoms with E-state index in [1.165, 1.54) is 0 Å².